The molecule has 0 aliphatic rings. The van der Waals surface area contributed by atoms with E-state index in [0.717, 1.165) is 0 Å². The van der Waals surface area contributed by atoms with Crippen molar-refractivity contribution in [3.8, 4) is 12.3 Å². The number of terminal acetylenes is 1. The van der Waals surface area contributed by atoms with Gasteiger partial charge in [0.1, 0.15) is 0 Å². The maximum absolute atomic E-state index is 10.2. The highest BCUT2D eigenvalue weighted by atomic mass is 35.5. The molecule has 1 amide bonds. The quantitative estimate of drug-likeness (QED) is 0.479. The molecule has 1 unspecified atom stereocenters. The van der Waals surface area contributed by atoms with Crippen LogP contribution in [-0.4, -0.2) is 17.6 Å². The first-order valence-electron chi connectivity index (χ1n) is 2.56. The van der Waals surface area contributed by atoms with E-state index in [4.69, 9.17) is 23.8 Å². The minimum absolute atomic E-state index is 0.0342. The summed E-state index contributed by atoms with van der Waals surface area (Å²) < 4.78 is 4.51. The summed E-state index contributed by atoms with van der Waals surface area (Å²) in [6.07, 6.45) is 4.08. The van der Waals surface area contributed by atoms with Gasteiger partial charge in [0.25, 0.3) is 0 Å². The van der Waals surface area contributed by atoms with E-state index in [9.17, 15) is 4.79 Å². The van der Waals surface area contributed by atoms with Crippen molar-refractivity contribution in [2.75, 3.05) is 5.88 Å². The van der Waals surface area contributed by atoms with Crippen LogP contribution in [0.4, 0.5) is 4.79 Å². The fourth-order valence-electron chi connectivity index (χ4n) is 0.317. The van der Waals surface area contributed by atoms with E-state index in [2.05, 4.69) is 10.7 Å². The van der Waals surface area contributed by atoms with Gasteiger partial charge in [0.2, 0.25) is 0 Å². The van der Waals surface area contributed by atoms with Crippen LogP contribution in [0.5, 0.6) is 0 Å². The van der Waals surface area contributed by atoms with Crippen molar-refractivity contribution in [1.82, 2.24) is 0 Å². The number of ether oxygens (including phenoxy) is 1. The minimum atomic E-state index is -1.08. The van der Waals surface area contributed by atoms with E-state index in [1.165, 1.54) is 6.92 Å². The van der Waals surface area contributed by atoms with Gasteiger partial charge in [-0.05, 0) is 6.92 Å². The van der Waals surface area contributed by atoms with Crippen LogP contribution in [0.1, 0.15) is 6.92 Å². The predicted octanol–water partition coefficient (Wildman–Crippen LogP) is 0.712. The number of alkyl halides is 1. The normalized spacial score (nSPS) is 14.9. The number of hydrogen-bond acceptors (Lipinski definition) is 2. The Morgan fingerprint density at radius 1 is 2.00 bits per heavy atom. The molecule has 0 aliphatic heterocycles. The molecule has 0 heterocycles. The summed E-state index contributed by atoms with van der Waals surface area (Å²) in [5, 5.41) is 0. The summed E-state index contributed by atoms with van der Waals surface area (Å²) in [4.78, 5) is 10.2. The SMILES string of the molecule is C#CC(C)(CCl)OC(N)=O. The van der Waals surface area contributed by atoms with Crippen molar-refractivity contribution < 1.29 is 9.53 Å². The van der Waals surface area contributed by atoms with Gasteiger partial charge >= 0.3 is 6.09 Å². The smallest absolute Gasteiger partial charge is 0.406 e. The van der Waals surface area contributed by atoms with Gasteiger partial charge < -0.3 is 10.5 Å². The van der Waals surface area contributed by atoms with Crippen LogP contribution in [0.15, 0.2) is 0 Å². The fraction of sp³-hybridized carbons (Fsp3) is 0.500. The Hall–Kier alpha value is -0.880. The Morgan fingerprint density at radius 2 is 2.50 bits per heavy atom. The van der Waals surface area contributed by atoms with Crippen LogP contribution >= 0.6 is 11.6 Å². The molecule has 2 N–H and O–H groups in total. The van der Waals surface area contributed by atoms with Crippen LogP contribution in [0.3, 0.4) is 0 Å². The second-order valence-electron chi connectivity index (χ2n) is 1.93. The first-order valence-corrected chi connectivity index (χ1v) is 3.10. The van der Waals surface area contributed by atoms with Crippen LogP contribution in [0.2, 0.25) is 0 Å². The van der Waals surface area contributed by atoms with E-state index in [1.807, 2.05) is 0 Å². The number of halogens is 1. The Kier molecular flexibility index (Phi) is 3.04. The molecule has 0 fully saturated rings. The molecule has 0 aromatic carbocycles. The summed E-state index contributed by atoms with van der Waals surface area (Å²) in [6.45, 7) is 1.50. The van der Waals surface area contributed by atoms with Gasteiger partial charge in [0.15, 0.2) is 5.60 Å². The largest absolute Gasteiger partial charge is 0.429 e. The maximum atomic E-state index is 10.2. The molecule has 56 valence electrons. The van der Waals surface area contributed by atoms with Crippen molar-refractivity contribution >= 4 is 17.7 Å². The third kappa shape index (κ3) is 2.60. The Balaban J connectivity index is 4.10. The number of primary amides is 1. The summed E-state index contributed by atoms with van der Waals surface area (Å²) in [5.41, 5.74) is 3.64. The van der Waals surface area contributed by atoms with Crippen LogP contribution in [-0.2, 0) is 4.74 Å². The number of nitrogens with two attached hydrogens (primary N) is 1. The van der Waals surface area contributed by atoms with E-state index in [1.54, 1.807) is 0 Å². The Bertz CT molecular complexity index is 175. The zero-order valence-electron chi connectivity index (χ0n) is 5.56. The first kappa shape index (κ1) is 9.12. The monoisotopic (exact) mass is 161 g/mol. The van der Waals surface area contributed by atoms with E-state index in [0.29, 0.717) is 0 Å². The molecule has 0 aromatic rings. The molecule has 0 aliphatic carbocycles. The third-order valence-corrected chi connectivity index (χ3v) is 1.40. The Labute approximate surface area is 64.5 Å². The molecule has 1 atom stereocenters. The molecule has 0 spiro atoms. The predicted molar refractivity (Wildman–Crippen MR) is 38.6 cm³/mol. The highest BCUT2D eigenvalue weighted by Gasteiger charge is 2.23. The highest BCUT2D eigenvalue weighted by Crippen LogP contribution is 2.10. The lowest BCUT2D eigenvalue weighted by atomic mass is 10.1. The molecule has 0 bridgehead atoms. The average Bonchev–Trinajstić information content (AvgIpc) is 1.87. The summed E-state index contributed by atoms with van der Waals surface area (Å²) >= 11 is 5.38. The number of carbonyl (C=O) groups excluding carboxylic acids is 1. The van der Waals surface area contributed by atoms with Crippen LogP contribution in [0.25, 0.3) is 0 Å². The standard InChI is InChI=1S/C6H8ClNO2/c1-3-6(2,4-7)10-5(8)9/h1H,4H2,2H3,(H2,8,9). The molecule has 0 aromatic heterocycles. The number of hydrogen-bond donors (Lipinski definition) is 1. The average molecular weight is 162 g/mol. The minimum Gasteiger partial charge on any atom is -0.429 e. The molecule has 0 saturated carbocycles. The van der Waals surface area contributed by atoms with Gasteiger partial charge in [-0.1, -0.05) is 5.92 Å². The van der Waals surface area contributed by atoms with E-state index in [-0.39, 0.29) is 5.88 Å². The van der Waals surface area contributed by atoms with Crippen molar-refractivity contribution in [2.24, 2.45) is 5.73 Å². The lowest BCUT2D eigenvalue weighted by Crippen LogP contribution is -2.34. The number of rotatable bonds is 2. The van der Waals surface area contributed by atoms with Crippen LogP contribution in [0, 0.1) is 12.3 Å². The van der Waals surface area contributed by atoms with E-state index < -0.39 is 11.7 Å². The molecule has 3 nitrogen and oxygen atoms in total. The van der Waals surface area contributed by atoms with Crippen LogP contribution < -0.4 is 5.73 Å². The van der Waals surface area contributed by atoms with Crippen molar-refractivity contribution in [2.45, 2.75) is 12.5 Å². The molecular weight excluding hydrogens is 154 g/mol. The lowest BCUT2D eigenvalue weighted by molar-refractivity contribution is 0.0887. The number of amides is 1. The molecule has 0 rings (SSSR count). The third-order valence-electron chi connectivity index (χ3n) is 0.886. The van der Waals surface area contributed by atoms with Crippen molar-refractivity contribution in [1.29, 1.82) is 0 Å². The summed E-state index contributed by atoms with van der Waals surface area (Å²) in [7, 11) is 0. The summed E-state index contributed by atoms with van der Waals surface area (Å²) in [5.74, 6) is 2.24. The van der Waals surface area contributed by atoms with Gasteiger partial charge in [-0.15, -0.1) is 18.0 Å². The second-order valence-corrected chi connectivity index (χ2v) is 2.20. The van der Waals surface area contributed by atoms with Crippen molar-refractivity contribution in [3.05, 3.63) is 0 Å². The zero-order valence-corrected chi connectivity index (χ0v) is 6.31. The summed E-state index contributed by atoms with van der Waals surface area (Å²) in [6, 6.07) is 0. The fourth-order valence-corrected chi connectivity index (χ4v) is 0.449. The first-order chi connectivity index (χ1) is 4.54. The molecule has 0 radical (unpaired) electrons. The van der Waals surface area contributed by atoms with Crippen molar-refractivity contribution in [3.63, 3.8) is 0 Å². The van der Waals surface area contributed by atoms with Gasteiger partial charge in [-0.25, -0.2) is 4.79 Å². The van der Waals surface area contributed by atoms with Gasteiger partial charge in [0, 0.05) is 0 Å². The van der Waals surface area contributed by atoms with E-state index >= 15 is 0 Å². The Morgan fingerprint density at radius 3 is 2.60 bits per heavy atom. The highest BCUT2D eigenvalue weighted by molar-refractivity contribution is 6.18. The molecule has 0 saturated heterocycles. The molecular formula is C6H8ClNO2. The van der Waals surface area contributed by atoms with Gasteiger partial charge in [0.05, 0.1) is 5.88 Å². The van der Waals surface area contributed by atoms with Gasteiger partial charge in [-0.3, -0.25) is 0 Å². The topological polar surface area (TPSA) is 52.3 Å². The second kappa shape index (κ2) is 3.33. The molecule has 10 heavy (non-hydrogen) atoms. The number of carbonyl (C=O) groups is 1. The molecule has 4 heteroatoms. The van der Waals surface area contributed by atoms with Gasteiger partial charge in [-0.2, -0.15) is 0 Å². The lowest BCUT2D eigenvalue weighted by Gasteiger charge is -2.18. The maximum Gasteiger partial charge on any atom is 0.406 e. The zero-order chi connectivity index (χ0) is 8.20.